The molecule has 1 saturated heterocycles. The number of carbonyl (C=O) groups is 1. The molecule has 1 unspecified atom stereocenters. The summed E-state index contributed by atoms with van der Waals surface area (Å²) in [6.07, 6.45) is 9.48. The summed E-state index contributed by atoms with van der Waals surface area (Å²) in [6.45, 7) is 1.45. The zero-order valence-corrected chi connectivity index (χ0v) is 14.5. The van der Waals surface area contributed by atoms with Gasteiger partial charge in [0.05, 0.1) is 11.9 Å². The molecule has 1 aliphatic heterocycles. The smallest absolute Gasteiger partial charge is 0.269 e. The lowest BCUT2D eigenvalue weighted by atomic mass is 10.0. The molecule has 0 aliphatic carbocycles. The number of aromatic nitrogens is 4. The highest BCUT2D eigenvalue weighted by Crippen LogP contribution is 2.26. The van der Waals surface area contributed by atoms with Crippen LogP contribution in [-0.2, 0) is 13.5 Å². The summed E-state index contributed by atoms with van der Waals surface area (Å²) in [4.78, 5) is 18.1. The molecular weight excluding hydrogens is 330 g/mol. The van der Waals surface area contributed by atoms with Gasteiger partial charge >= 0.3 is 0 Å². The number of likely N-dealkylation sites (tertiary alicyclic amines) is 1. The minimum absolute atomic E-state index is 0.301. The van der Waals surface area contributed by atoms with Gasteiger partial charge in [0.25, 0.3) is 5.91 Å². The van der Waals surface area contributed by atoms with Gasteiger partial charge in [-0.25, -0.2) is 4.98 Å². The van der Waals surface area contributed by atoms with E-state index in [2.05, 4.69) is 16.3 Å². The highest BCUT2D eigenvalue weighted by Gasteiger charge is 2.26. The molecule has 3 aromatic heterocycles. The van der Waals surface area contributed by atoms with E-state index in [0.29, 0.717) is 30.2 Å². The molecule has 1 fully saturated rings. The molecule has 4 heterocycles. The number of rotatable bonds is 4. The maximum absolute atomic E-state index is 11.9. The van der Waals surface area contributed by atoms with E-state index >= 15 is 0 Å². The topological polar surface area (TPSA) is 105 Å². The molecule has 1 atom stereocenters. The number of fused-ring (bicyclic) bond motifs is 1. The monoisotopic (exact) mass is 349 g/mol. The Balaban J connectivity index is 1.76. The normalized spacial score (nSPS) is 16.9. The van der Waals surface area contributed by atoms with Crippen LogP contribution in [0.1, 0.15) is 22.6 Å². The van der Waals surface area contributed by atoms with Gasteiger partial charge < -0.3 is 15.0 Å². The van der Waals surface area contributed by atoms with Crippen LogP contribution in [0.4, 0.5) is 0 Å². The van der Waals surface area contributed by atoms with Crippen LogP contribution in [0.2, 0.25) is 0 Å². The highest BCUT2D eigenvalue weighted by molar-refractivity contribution is 5.93. The number of primary amides is 1. The van der Waals surface area contributed by atoms with Gasteiger partial charge in [-0.3, -0.25) is 9.48 Å². The Bertz CT molecular complexity index is 1030. The summed E-state index contributed by atoms with van der Waals surface area (Å²) in [7, 11) is 1.87. The number of pyridine rings is 1. The SMILES string of the molecule is Cn1cc(-c2ccc3nc(C(N)=O)c(CC4CCN(C#N)C4)n3c2)cn1. The number of hydrogen-bond acceptors (Lipinski definition) is 5. The van der Waals surface area contributed by atoms with Crippen molar-refractivity contribution in [1.82, 2.24) is 24.1 Å². The number of nitrogens with zero attached hydrogens (tertiary/aromatic N) is 6. The first-order valence-corrected chi connectivity index (χ1v) is 8.49. The van der Waals surface area contributed by atoms with E-state index < -0.39 is 5.91 Å². The van der Waals surface area contributed by atoms with Gasteiger partial charge in [-0.05, 0) is 30.9 Å². The Morgan fingerprint density at radius 3 is 2.88 bits per heavy atom. The fourth-order valence-corrected chi connectivity index (χ4v) is 3.59. The molecule has 26 heavy (non-hydrogen) atoms. The van der Waals surface area contributed by atoms with Gasteiger partial charge in [0.2, 0.25) is 0 Å². The minimum Gasteiger partial charge on any atom is -0.364 e. The largest absolute Gasteiger partial charge is 0.364 e. The Kier molecular flexibility index (Phi) is 3.84. The molecule has 3 aromatic rings. The van der Waals surface area contributed by atoms with Gasteiger partial charge in [-0.2, -0.15) is 10.4 Å². The van der Waals surface area contributed by atoms with Crippen molar-refractivity contribution in [3.05, 3.63) is 42.1 Å². The quantitative estimate of drug-likeness (QED) is 0.712. The fourth-order valence-electron chi connectivity index (χ4n) is 3.59. The Morgan fingerprint density at radius 1 is 1.38 bits per heavy atom. The molecule has 4 rings (SSSR count). The van der Waals surface area contributed by atoms with E-state index in [4.69, 9.17) is 11.0 Å². The van der Waals surface area contributed by atoms with Crippen LogP contribution in [0.3, 0.4) is 0 Å². The second kappa shape index (κ2) is 6.19. The number of hydrogen-bond donors (Lipinski definition) is 1. The van der Waals surface area contributed by atoms with Crippen molar-refractivity contribution in [1.29, 1.82) is 5.26 Å². The molecule has 132 valence electrons. The first kappa shape index (κ1) is 16.1. The van der Waals surface area contributed by atoms with Crippen LogP contribution in [0.15, 0.2) is 30.7 Å². The van der Waals surface area contributed by atoms with Crippen LogP contribution in [-0.4, -0.2) is 43.1 Å². The van der Waals surface area contributed by atoms with Crippen LogP contribution < -0.4 is 5.73 Å². The molecule has 1 aliphatic rings. The van der Waals surface area contributed by atoms with E-state index in [0.717, 1.165) is 29.8 Å². The molecule has 0 spiro atoms. The summed E-state index contributed by atoms with van der Waals surface area (Å²) in [5.74, 6) is -0.225. The van der Waals surface area contributed by atoms with Crippen molar-refractivity contribution < 1.29 is 4.79 Å². The molecule has 8 nitrogen and oxygen atoms in total. The van der Waals surface area contributed by atoms with Gasteiger partial charge in [-0.15, -0.1) is 0 Å². The average molecular weight is 349 g/mol. The first-order chi connectivity index (χ1) is 12.5. The Labute approximate surface area is 150 Å². The molecule has 0 radical (unpaired) electrons. The van der Waals surface area contributed by atoms with E-state index in [-0.39, 0.29) is 0 Å². The van der Waals surface area contributed by atoms with Crippen molar-refractivity contribution in [3.8, 4) is 17.3 Å². The number of aryl methyl sites for hydroxylation is 1. The third-order valence-corrected chi connectivity index (χ3v) is 4.90. The molecule has 0 bridgehead atoms. The zero-order chi connectivity index (χ0) is 18.3. The lowest BCUT2D eigenvalue weighted by molar-refractivity contribution is 0.0995. The van der Waals surface area contributed by atoms with Crippen LogP contribution in [0, 0.1) is 17.4 Å². The minimum atomic E-state index is -0.526. The summed E-state index contributed by atoms with van der Waals surface area (Å²) in [6, 6.07) is 3.84. The van der Waals surface area contributed by atoms with Crippen LogP contribution >= 0.6 is 0 Å². The van der Waals surface area contributed by atoms with E-state index in [1.54, 1.807) is 15.8 Å². The molecule has 8 heteroatoms. The number of carbonyl (C=O) groups excluding carboxylic acids is 1. The third-order valence-electron chi connectivity index (χ3n) is 4.90. The predicted octanol–water partition coefficient (Wildman–Crippen LogP) is 1.18. The van der Waals surface area contributed by atoms with Crippen molar-refractivity contribution in [2.24, 2.45) is 18.7 Å². The van der Waals surface area contributed by atoms with Gasteiger partial charge in [0.1, 0.15) is 11.3 Å². The number of nitrogens with two attached hydrogens (primary N) is 1. The molecule has 0 saturated carbocycles. The van der Waals surface area contributed by atoms with E-state index in [1.807, 2.05) is 36.0 Å². The zero-order valence-electron chi connectivity index (χ0n) is 14.5. The van der Waals surface area contributed by atoms with Crippen molar-refractivity contribution in [2.75, 3.05) is 13.1 Å². The predicted molar refractivity (Wildman–Crippen MR) is 94.9 cm³/mol. The van der Waals surface area contributed by atoms with E-state index in [1.165, 1.54) is 0 Å². The summed E-state index contributed by atoms with van der Waals surface area (Å²) < 4.78 is 3.69. The maximum Gasteiger partial charge on any atom is 0.269 e. The molecule has 2 N–H and O–H groups in total. The summed E-state index contributed by atoms with van der Waals surface area (Å²) >= 11 is 0. The lowest BCUT2D eigenvalue weighted by Crippen LogP contribution is -2.18. The Hall–Kier alpha value is -3.34. The number of imidazole rings is 1. The second-order valence-corrected chi connectivity index (χ2v) is 6.72. The summed E-state index contributed by atoms with van der Waals surface area (Å²) in [5, 5.41) is 13.3. The lowest BCUT2D eigenvalue weighted by Gasteiger charge is -2.11. The number of amides is 1. The highest BCUT2D eigenvalue weighted by atomic mass is 16.1. The fraction of sp³-hybridized carbons (Fsp3) is 0.333. The first-order valence-electron chi connectivity index (χ1n) is 8.49. The standard InChI is InChI=1S/C18H19N7O/c1-23-9-14(7-21-23)13-2-3-16-22-17(18(20)26)15(25(16)10-13)6-12-4-5-24(8-12)11-19/h2-3,7,9-10,12H,4-6,8H2,1H3,(H2,20,26). The van der Waals surface area contributed by atoms with Gasteiger partial charge in [-0.1, -0.05) is 0 Å². The third kappa shape index (κ3) is 2.77. The maximum atomic E-state index is 11.9. The van der Waals surface area contributed by atoms with E-state index in [9.17, 15) is 4.79 Å². The van der Waals surface area contributed by atoms with Gasteiger partial charge in [0, 0.05) is 43.7 Å². The molecule has 1 amide bonds. The van der Waals surface area contributed by atoms with Crippen molar-refractivity contribution in [2.45, 2.75) is 12.8 Å². The average Bonchev–Trinajstić information content (AvgIpc) is 3.34. The van der Waals surface area contributed by atoms with Crippen LogP contribution in [0.5, 0.6) is 0 Å². The van der Waals surface area contributed by atoms with Crippen LogP contribution in [0.25, 0.3) is 16.8 Å². The Morgan fingerprint density at radius 2 is 2.23 bits per heavy atom. The van der Waals surface area contributed by atoms with Gasteiger partial charge in [0.15, 0.2) is 6.19 Å². The molecular formula is C18H19N7O. The summed E-state index contributed by atoms with van der Waals surface area (Å²) in [5.41, 5.74) is 9.36. The second-order valence-electron chi connectivity index (χ2n) is 6.72. The van der Waals surface area contributed by atoms with Crippen molar-refractivity contribution >= 4 is 11.6 Å². The number of nitriles is 1. The van der Waals surface area contributed by atoms with Crippen molar-refractivity contribution in [3.63, 3.8) is 0 Å². The molecule has 0 aromatic carbocycles.